The highest BCUT2D eigenvalue weighted by molar-refractivity contribution is 7.09. The van der Waals surface area contributed by atoms with Gasteiger partial charge in [0.15, 0.2) is 11.6 Å². The summed E-state index contributed by atoms with van der Waals surface area (Å²) in [5.74, 6) is -0.686. The third-order valence-corrected chi connectivity index (χ3v) is 4.80. The van der Waals surface area contributed by atoms with Crippen molar-refractivity contribution < 1.29 is 18.7 Å². The fourth-order valence-electron chi connectivity index (χ4n) is 2.77. The van der Waals surface area contributed by atoms with Gasteiger partial charge in [0.25, 0.3) is 0 Å². The van der Waals surface area contributed by atoms with Crippen molar-refractivity contribution in [3.63, 3.8) is 0 Å². The van der Waals surface area contributed by atoms with Gasteiger partial charge in [0.2, 0.25) is 0 Å². The summed E-state index contributed by atoms with van der Waals surface area (Å²) in [6.07, 6.45) is 1.77. The number of hydrogen-bond donors (Lipinski definition) is 0. The molecule has 0 aliphatic heterocycles. The van der Waals surface area contributed by atoms with Gasteiger partial charge >= 0.3 is 5.97 Å². The minimum atomic E-state index is -0.589. The van der Waals surface area contributed by atoms with Crippen LogP contribution in [0.5, 0.6) is 5.75 Å². The van der Waals surface area contributed by atoms with Gasteiger partial charge in [-0.3, -0.25) is 4.98 Å². The number of anilines is 2. The smallest absolute Gasteiger partial charge is 0.338 e. The molecule has 1 aromatic heterocycles. The van der Waals surface area contributed by atoms with E-state index in [2.05, 4.69) is 4.98 Å². The summed E-state index contributed by atoms with van der Waals surface area (Å²) in [6, 6.07) is 11.9. The van der Waals surface area contributed by atoms with Crippen LogP contribution >= 0.6 is 11.3 Å². The number of nitrogens with zero attached hydrogens (tertiary/aromatic N) is 2. The summed E-state index contributed by atoms with van der Waals surface area (Å²) >= 11 is 1.51. The number of ether oxygens (including phenoxy) is 2. The molecular formula is C22H23FN2O3S. The number of methoxy groups -OCH3 is 1. The van der Waals surface area contributed by atoms with Crippen LogP contribution in [0.3, 0.4) is 0 Å². The van der Waals surface area contributed by atoms with E-state index in [1.54, 1.807) is 42.0 Å². The summed E-state index contributed by atoms with van der Waals surface area (Å²) in [5, 5.41) is 0. The van der Waals surface area contributed by atoms with E-state index < -0.39 is 17.4 Å². The number of benzene rings is 2. The molecule has 0 atom stereocenters. The first kappa shape index (κ1) is 20.8. The Bertz CT molecular complexity index is 984. The average molecular weight is 415 g/mol. The third kappa shape index (κ3) is 5.32. The normalized spacial score (nSPS) is 11.2. The lowest BCUT2D eigenvalue weighted by atomic mass is 10.1. The summed E-state index contributed by atoms with van der Waals surface area (Å²) in [7, 11) is 1.43. The van der Waals surface area contributed by atoms with Gasteiger partial charge < -0.3 is 14.4 Å². The summed E-state index contributed by atoms with van der Waals surface area (Å²) in [5.41, 5.74) is 2.97. The highest BCUT2D eigenvalue weighted by atomic mass is 32.1. The van der Waals surface area contributed by atoms with E-state index in [4.69, 9.17) is 9.47 Å². The van der Waals surface area contributed by atoms with Crippen molar-refractivity contribution in [2.24, 2.45) is 0 Å². The van der Waals surface area contributed by atoms with E-state index in [9.17, 15) is 9.18 Å². The quantitative estimate of drug-likeness (QED) is 0.493. The maximum atomic E-state index is 14.4. The van der Waals surface area contributed by atoms with Crippen molar-refractivity contribution in [1.82, 2.24) is 4.98 Å². The summed E-state index contributed by atoms with van der Waals surface area (Å²) in [4.78, 5) is 19.5. The molecule has 0 N–H and O–H groups in total. The lowest BCUT2D eigenvalue weighted by molar-refractivity contribution is 0.00695. The van der Waals surface area contributed by atoms with Crippen LogP contribution in [0.25, 0.3) is 0 Å². The highest BCUT2D eigenvalue weighted by Gasteiger charge is 2.20. The number of aromatic nitrogens is 1. The van der Waals surface area contributed by atoms with Crippen molar-refractivity contribution in [3.8, 4) is 5.75 Å². The average Bonchev–Trinajstić information content (AvgIpc) is 3.18. The predicted molar refractivity (Wildman–Crippen MR) is 113 cm³/mol. The van der Waals surface area contributed by atoms with Gasteiger partial charge in [-0.05, 0) is 51.1 Å². The Morgan fingerprint density at radius 2 is 1.93 bits per heavy atom. The van der Waals surface area contributed by atoms with Gasteiger partial charge in [-0.1, -0.05) is 6.07 Å². The zero-order valence-electron chi connectivity index (χ0n) is 16.8. The van der Waals surface area contributed by atoms with Crippen molar-refractivity contribution in [2.75, 3.05) is 12.0 Å². The molecule has 0 saturated carbocycles. The molecule has 0 bridgehead atoms. The second kappa shape index (κ2) is 8.61. The van der Waals surface area contributed by atoms with Crippen LogP contribution in [0.2, 0.25) is 0 Å². The predicted octanol–water partition coefficient (Wildman–Crippen LogP) is 5.58. The minimum Gasteiger partial charge on any atom is -0.494 e. The monoisotopic (exact) mass is 414 g/mol. The molecule has 3 aromatic rings. The minimum absolute atomic E-state index is 0.175. The first-order chi connectivity index (χ1) is 13.8. The van der Waals surface area contributed by atoms with E-state index >= 15 is 0 Å². The molecule has 2 aromatic carbocycles. The van der Waals surface area contributed by atoms with E-state index in [-0.39, 0.29) is 5.75 Å². The molecule has 7 heteroatoms. The maximum absolute atomic E-state index is 14.4. The molecule has 0 amide bonds. The number of hydrogen-bond acceptors (Lipinski definition) is 6. The van der Waals surface area contributed by atoms with Crippen LogP contribution in [-0.4, -0.2) is 23.7 Å². The van der Waals surface area contributed by atoms with E-state index in [0.29, 0.717) is 17.8 Å². The zero-order valence-corrected chi connectivity index (χ0v) is 17.6. The topological polar surface area (TPSA) is 51.7 Å². The van der Waals surface area contributed by atoms with Gasteiger partial charge in [0.05, 0.1) is 24.7 Å². The summed E-state index contributed by atoms with van der Waals surface area (Å²) < 4.78 is 24.9. The molecule has 3 rings (SSSR count). The SMILES string of the molecule is COc1ccc(N(Cc2cncs2)c2cccc(C(=O)OC(C)(C)C)c2)cc1F. The lowest BCUT2D eigenvalue weighted by Crippen LogP contribution is -2.24. The van der Waals surface area contributed by atoms with E-state index in [0.717, 1.165) is 10.6 Å². The molecule has 152 valence electrons. The second-order valence-corrected chi connectivity index (χ2v) is 8.40. The fraction of sp³-hybridized carbons (Fsp3) is 0.273. The second-order valence-electron chi connectivity index (χ2n) is 7.42. The number of esters is 1. The van der Waals surface area contributed by atoms with E-state index in [1.807, 2.05) is 31.7 Å². The van der Waals surface area contributed by atoms with Crippen LogP contribution in [-0.2, 0) is 11.3 Å². The molecule has 0 aliphatic rings. The molecule has 0 saturated heterocycles. The standard InChI is InChI=1S/C22H23FN2O3S/c1-22(2,3)28-21(26)15-6-5-7-16(10-15)25(13-18-12-24-14-29-18)17-8-9-20(27-4)19(23)11-17/h5-12,14H,13H2,1-4H3. The number of rotatable bonds is 6. The molecule has 0 aliphatic carbocycles. The Morgan fingerprint density at radius 3 is 2.55 bits per heavy atom. The Balaban J connectivity index is 1.99. The number of halogens is 1. The van der Waals surface area contributed by atoms with Crippen LogP contribution in [0, 0.1) is 5.82 Å². The molecule has 29 heavy (non-hydrogen) atoms. The van der Waals surface area contributed by atoms with Crippen LogP contribution in [0.1, 0.15) is 36.0 Å². The Hall–Kier alpha value is -2.93. The Kier molecular flexibility index (Phi) is 6.17. The van der Waals surface area contributed by atoms with Crippen molar-refractivity contribution in [3.05, 3.63) is 70.4 Å². The number of thiazole rings is 1. The van der Waals surface area contributed by atoms with Crippen molar-refractivity contribution in [2.45, 2.75) is 32.9 Å². The largest absolute Gasteiger partial charge is 0.494 e. The molecule has 0 radical (unpaired) electrons. The van der Waals surface area contributed by atoms with Gasteiger partial charge in [-0.15, -0.1) is 11.3 Å². The Morgan fingerprint density at radius 1 is 1.17 bits per heavy atom. The van der Waals surface area contributed by atoms with Crippen molar-refractivity contribution >= 4 is 28.7 Å². The molecule has 5 nitrogen and oxygen atoms in total. The lowest BCUT2D eigenvalue weighted by Gasteiger charge is -2.25. The highest BCUT2D eigenvalue weighted by Crippen LogP contribution is 2.32. The van der Waals surface area contributed by atoms with Crippen LogP contribution < -0.4 is 9.64 Å². The molecule has 0 spiro atoms. The Labute approximate surface area is 173 Å². The first-order valence-corrected chi connectivity index (χ1v) is 9.96. The first-order valence-electron chi connectivity index (χ1n) is 9.09. The molecule has 0 unspecified atom stereocenters. The fourth-order valence-corrected chi connectivity index (χ4v) is 3.35. The van der Waals surface area contributed by atoms with Gasteiger partial charge in [-0.25, -0.2) is 9.18 Å². The van der Waals surface area contributed by atoms with Gasteiger partial charge in [0.1, 0.15) is 5.60 Å². The summed E-state index contributed by atoms with van der Waals surface area (Å²) in [6.45, 7) is 5.95. The van der Waals surface area contributed by atoms with Crippen molar-refractivity contribution in [1.29, 1.82) is 0 Å². The van der Waals surface area contributed by atoms with Gasteiger partial charge in [0, 0.05) is 28.5 Å². The third-order valence-electron chi connectivity index (χ3n) is 4.04. The molecular weight excluding hydrogens is 391 g/mol. The van der Waals surface area contributed by atoms with Crippen LogP contribution in [0.4, 0.5) is 15.8 Å². The maximum Gasteiger partial charge on any atom is 0.338 e. The number of carbonyl (C=O) groups excluding carboxylic acids is 1. The van der Waals surface area contributed by atoms with E-state index in [1.165, 1.54) is 24.5 Å². The molecule has 1 heterocycles. The number of carbonyl (C=O) groups is 1. The van der Waals surface area contributed by atoms with Gasteiger partial charge in [-0.2, -0.15) is 0 Å². The zero-order chi connectivity index (χ0) is 21.0. The molecule has 0 fully saturated rings. The van der Waals surface area contributed by atoms with Crippen LogP contribution in [0.15, 0.2) is 54.2 Å².